The summed E-state index contributed by atoms with van der Waals surface area (Å²) in [5, 5.41) is 0. The SMILES string of the molecule is CCCCCCCCCCCCCCOC[C@H](N)COP(=O)(O)OC. The summed E-state index contributed by atoms with van der Waals surface area (Å²) in [5.74, 6) is 0. The molecule has 0 aliphatic carbocycles. The van der Waals surface area contributed by atoms with Crippen LogP contribution in [-0.4, -0.2) is 37.9 Å². The van der Waals surface area contributed by atoms with Crippen LogP contribution >= 0.6 is 7.82 Å². The van der Waals surface area contributed by atoms with Gasteiger partial charge < -0.3 is 15.4 Å². The molecule has 0 rings (SSSR count). The van der Waals surface area contributed by atoms with Gasteiger partial charge in [-0.2, -0.15) is 0 Å². The largest absolute Gasteiger partial charge is 0.471 e. The zero-order chi connectivity index (χ0) is 18.8. The van der Waals surface area contributed by atoms with Crippen molar-refractivity contribution < 1.29 is 23.2 Å². The smallest absolute Gasteiger partial charge is 0.380 e. The van der Waals surface area contributed by atoms with Crippen LogP contribution in [0.3, 0.4) is 0 Å². The van der Waals surface area contributed by atoms with Crippen LogP contribution in [0.15, 0.2) is 0 Å². The quantitative estimate of drug-likeness (QED) is 0.247. The van der Waals surface area contributed by atoms with Crippen molar-refractivity contribution in [1.82, 2.24) is 0 Å². The fraction of sp³-hybridized carbons (Fsp3) is 1.00. The molecule has 0 aliphatic heterocycles. The Hall–Kier alpha value is 0.0300. The van der Waals surface area contributed by atoms with Gasteiger partial charge in [0.2, 0.25) is 0 Å². The van der Waals surface area contributed by atoms with Crippen LogP contribution < -0.4 is 5.73 Å². The second-order valence-corrected chi connectivity index (χ2v) is 8.23. The van der Waals surface area contributed by atoms with Crippen LogP contribution in [0.5, 0.6) is 0 Å². The molecule has 0 bridgehead atoms. The number of unbranched alkanes of at least 4 members (excludes halogenated alkanes) is 11. The highest BCUT2D eigenvalue weighted by Gasteiger charge is 2.19. The Morgan fingerprint density at radius 3 is 1.84 bits per heavy atom. The van der Waals surface area contributed by atoms with E-state index in [4.69, 9.17) is 19.9 Å². The molecule has 6 nitrogen and oxygen atoms in total. The fourth-order valence-electron chi connectivity index (χ4n) is 2.57. The van der Waals surface area contributed by atoms with Gasteiger partial charge in [0.15, 0.2) is 0 Å². The zero-order valence-corrected chi connectivity index (χ0v) is 17.2. The van der Waals surface area contributed by atoms with Gasteiger partial charge in [-0.1, -0.05) is 77.6 Å². The highest BCUT2D eigenvalue weighted by Crippen LogP contribution is 2.41. The van der Waals surface area contributed by atoms with Crippen LogP contribution in [0.1, 0.15) is 84.0 Å². The number of phosphoric ester groups is 1. The molecule has 0 fully saturated rings. The van der Waals surface area contributed by atoms with E-state index in [0.717, 1.165) is 13.5 Å². The summed E-state index contributed by atoms with van der Waals surface area (Å²) in [6.45, 7) is 3.19. The molecule has 0 heterocycles. The standard InChI is InChI=1S/C18H40NO5P/c1-3-4-5-6-7-8-9-10-11-12-13-14-15-23-16-18(19)17-24-25(20,21)22-2/h18H,3-17,19H2,1-2H3,(H,20,21)/t18-/m0/s1. The lowest BCUT2D eigenvalue weighted by Gasteiger charge is -2.14. The average Bonchev–Trinajstić information content (AvgIpc) is 2.60. The normalized spacial score (nSPS) is 15.2. The van der Waals surface area contributed by atoms with Gasteiger partial charge in [0, 0.05) is 13.7 Å². The van der Waals surface area contributed by atoms with E-state index in [-0.39, 0.29) is 6.61 Å². The van der Waals surface area contributed by atoms with E-state index in [2.05, 4.69) is 11.4 Å². The number of phosphoric acid groups is 1. The van der Waals surface area contributed by atoms with Gasteiger partial charge in [-0.3, -0.25) is 9.05 Å². The van der Waals surface area contributed by atoms with E-state index >= 15 is 0 Å². The summed E-state index contributed by atoms with van der Waals surface area (Å²) < 4.78 is 25.6. The zero-order valence-electron chi connectivity index (χ0n) is 16.3. The first-order valence-corrected chi connectivity index (χ1v) is 11.4. The summed E-state index contributed by atoms with van der Waals surface area (Å²) in [6, 6.07) is -0.423. The topological polar surface area (TPSA) is 91.0 Å². The van der Waals surface area contributed by atoms with E-state index in [1.807, 2.05) is 0 Å². The maximum Gasteiger partial charge on any atom is 0.471 e. The predicted octanol–water partition coefficient (Wildman–Crippen LogP) is 4.79. The Bertz CT molecular complexity index is 331. The minimum atomic E-state index is -3.94. The van der Waals surface area contributed by atoms with E-state index < -0.39 is 13.9 Å². The first-order valence-electron chi connectivity index (χ1n) is 9.88. The molecule has 0 radical (unpaired) electrons. The van der Waals surface area contributed by atoms with E-state index in [0.29, 0.717) is 13.2 Å². The molecule has 0 aromatic rings. The molecular weight excluding hydrogens is 341 g/mol. The molecule has 0 aromatic carbocycles. The number of hydrogen-bond acceptors (Lipinski definition) is 5. The molecule has 7 heteroatoms. The Balaban J connectivity index is 3.22. The Morgan fingerprint density at radius 2 is 1.36 bits per heavy atom. The Kier molecular flexibility index (Phi) is 17.5. The van der Waals surface area contributed by atoms with Crippen molar-refractivity contribution in [2.24, 2.45) is 5.73 Å². The van der Waals surface area contributed by atoms with Gasteiger partial charge in [0.05, 0.1) is 19.3 Å². The molecular formula is C18H40NO5P. The van der Waals surface area contributed by atoms with Gasteiger partial charge in [-0.05, 0) is 6.42 Å². The third kappa shape index (κ3) is 18.6. The number of nitrogens with two attached hydrogens (primary N) is 1. The summed E-state index contributed by atoms with van der Waals surface area (Å²) in [5.41, 5.74) is 5.74. The maximum atomic E-state index is 11.1. The fourth-order valence-corrected chi connectivity index (χ4v) is 3.06. The van der Waals surface area contributed by atoms with Crippen molar-refractivity contribution in [3.63, 3.8) is 0 Å². The molecule has 1 unspecified atom stereocenters. The van der Waals surface area contributed by atoms with E-state index in [1.165, 1.54) is 70.6 Å². The van der Waals surface area contributed by atoms with E-state index in [9.17, 15) is 4.57 Å². The lowest BCUT2D eigenvalue weighted by atomic mass is 10.1. The molecule has 3 N–H and O–H groups in total. The average molecular weight is 381 g/mol. The van der Waals surface area contributed by atoms with Crippen LogP contribution in [0.4, 0.5) is 0 Å². The van der Waals surface area contributed by atoms with Crippen molar-refractivity contribution >= 4 is 7.82 Å². The molecule has 0 spiro atoms. The highest BCUT2D eigenvalue weighted by atomic mass is 31.2. The van der Waals surface area contributed by atoms with Crippen molar-refractivity contribution in [3.8, 4) is 0 Å². The molecule has 25 heavy (non-hydrogen) atoms. The van der Waals surface area contributed by atoms with Crippen molar-refractivity contribution in [1.29, 1.82) is 0 Å². The summed E-state index contributed by atoms with van der Waals surface area (Å²) in [4.78, 5) is 9.08. The van der Waals surface area contributed by atoms with Gasteiger partial charge in [0.1, 0.15) is 0 Å². The highest BCUT2D eigenvalue weighted by molar-refractivity contribution is 7.47. The third-order valence-corrected chi connectivity index (χ3v) is 5.09. The minimum absolute atomic E-state index is 0.0555. The first kappa shape index (κ1) is 25.0. The Morgan fingerprint density at radius 1 is 0.880 bits per heavy atom. The van der Waals surface area contributed by atoms with Crippen molar-refractivity contribution in [2.75, 3.05) is 26.9 Å². The monoisotopic (exact) mass is 381 g/mol. The van der Waals surface area contributed by atoms with Gasteiger partial charge in [0.25, 0.3) is 0 Å². The summed E-state index contributed by atoms with van der Waals surface area (Å²) in [6.07, 6.45) is 15.8. The summed E-state index contributed by atoms with van der Waals surface area (Å²) >= 11 is 0. The minimum Gasteiger partial charge on any atom is -0.380 e. The predicted molar refractivity (Wildman–Crippen MR) is 103 cm³/mol. The molecule has 0 amide bonds. The molecule has 0 aliphatic rings. The lowest BCUT2D eigenvalue weighted by molar-refractivity contribution is 0.0912. The van der Waals surface area contributed by atoms with Crippen LogP contribution in [-0.2, 0) is 18.3 Å². The van der Waals surface area contributed by atoms with Crippen LogP contribution in [0.25, 0.3) is 0 Å². The van der Waals surface area contributed by atoms with Gasteiger partial charge in [-0.25, -0.2) is 4.57 Å². The third-order valence-electron chi connectivity index (χ3n) is 4.16. The van der Waals surface area contributed by atoms with Gasteiger partial charge >= 0.3 is 7.82 Å². The molecule has 0 saturated carbocycles. The molecule has 0 saturated heterocycles. The number of ether oxygens (including phenoxy) is 1. The number of rotatable bonds is 19. The van der Waals surface area contributed by atoms with Crippen LogP contribution in [0.2, 0.25) is 0 Å². The van der Waals surface area contributed by atoms with Gasteiger partial charge in [-0.15, -0.1) is 0 Å². The van der Waals surface area contributed by atoms with Crippen molar-refractivity contribution in [2.45, 2.75) is 90.0 Å². The molecule has 152 valence electrons. The second kappa shape index (κ2) is 17.4. The van der Waals surface area contributed by atoms with Crippen LogP contribution in [0, 0.1) is 0 Å². The maximum absolute atomic E-state index is 11.1. The number of hydrogen-bond donors (Lipinski definition) is 2. The summed E-state index contributed by atoms with van der Waals surface area (Å²) in [7, 11) is -2.81. The Labute approximate surface area is 154 Å². The molecule has 0 aromatic heterocycles. The molecule has 2 atom stereocenters. The lowest BCUT2D eigenvalue weighted by Crippen LogP contribution is -2.31. The van der Waals surface area contributed by atoms with E-state index in [1.54, 1.807) is 0 Å². The van der Waals surface area contributed by atoms with Crippen molar-refractivity contribution in [3.05, 3.63) is 0 Å². The second-order valence-electron chi connectivity index (χ2n) is 6.67. The first-order chi connectivity index (χ1) is 12.0.